The van der Waals surface area contributed by atoms with Crippen molar-refractivity contribution in [2.24, 2.45) is 0 Å². The fourth-order valence-electron chi connectivity index (χ4n) is 2.29. The number of carbonyl (C=O) groups is 1. The van der Waals surface area contributed by atoms with E-state index in [9.17, 15) is 4.79 Å². The maximum atomic E-state index is 11.1. The van der Waals surface area contributed by atoms with E-state index in [0.29, 0.717) is 11.7 Å². The maximum Gasteiger partial charge on any atom is 0.352 e. The smallest absolute Gasteiger partial charge is 0.352 e. The largest absolute Gasteiger partial charge is 0.477 e. The van der Waals surface area contributed by atoms with E-state index in [-0.39, 0.29) is 0 Å². The number of hydrogen-bond acceptors (Lipinski definition) is 2. The third-order valence-electron chi connectivity index (χ3n) is 3.03. The van der Waals surface area contributed by atoms with Crippen LogP contribution >= 0.6 is 22.6 Å². The molecule has 0 aliphatic carbocycles. The number of carboxylic acids is 1. The molecular formula is C11H15IN2O2. The predicted molar refractivity (Wildman–Crippen MR) is 69.9 cm³/mol. The van der Waals surface area contributed by atoms with Gasteiger partial charge in [0.05, 0.1) is 0 Å². The molecule has 1 N–H and O–H groups in total. The molecule has 16 heavy (non-hydrogen) atoms. The van der Waals surface area contributed by atoms with Crippen LogP contribution in [-0.2, 0) is 0 Å². The first-order valence-corrected chi connectivity index (χ1v) is 6.45. The van der Waals surface area contributed by atoms with Crippen molar-refractivity contribution in [1.29, 1.82) is 0 Å². The van der Waals surface area contributed by atoms with E-state index >= 15 is 0 Å². The molecule has 0 spiro atoms. The molecule has 88 valence electrons. The lowest BCUT2D eigenvalue weighted by atomic mass is 10.1. The van der Waals surface area contributed by atoms with E-state index in [4.69, 9.17) is 5.11 Å². The number of likely N-dealkylation sites (N-methyl/N-ethyl adjacent to an activating group) is 1. The van der Waals surface area contributed by atoms with Crippen molar-refractivity contribution in [2.45, 2.75) is 18.9 Å². The minimum atomic E-state index is -0.837. The van der Waals surface area contributed by atoms with Crippen molar-refractivity contribution in [2.75, 3.05) is 20.1 Å². The monoisotopic (exact) mass is 334 g/mol. The van der Waals surface area contributed by atoms with Gasteiger partial charge >= 0.3 is 5.97 Å². The molecule has 1 aromatic heterocycles. The van der Waals surface area contributed by atoms with Gasteiger partial charge in [0.15, 0.2) is 0 Å². The fraction of sp³-hybridized carbons (Fsp3) is 0.545. The van der Waals surface area contributed by atoms with Crippen molar-refractivity contribution in [1.82, 2.24) is 9.47 Å². The second-order valence-corrected chi connectivity index (χ2v) is 5.56. The molecule has 4 nitrogen and oxygen atoms in total. The number of halogens is 1. The van der Waals surface area contributed by atoms with Gasteiger partial charge in [0.25, 0.3) is 0 Å². The molecule has 0 saturated carbocycles. The molecule has 2 heterocycles. The summed E-state index contributed by atoms with van der Waals surface area (Å²) < 4.78 is 2.91. The SMILES string of the molecule is CN1CCCC(n2cc(I)cc2C(=O)O)C1. The predicted octanol–water partition coefficient (Wildman–Crippen LogP) is 2.06. The Morgan fingerprint density at radius 2 is 2.38 bits per heavy atom. The summed E-state index contributed by atoms with van der Waals surface area (Å²) in [5.74, 6) is -0.837. The van der Waals surface area contributed by atoms with Gasteiger partial charge in [0.2, 0.25) is 0 Å². The number of nitrogens with zero attached hydrogens (tertiary/aromatic N) is 2. The summed E-state index contributed by atoms with van der Waals surface area (Å²) in [6, 6.07) is 2.03. The van der Waals surface area contributed by atoms with Crippen molar-refractivity contribution in [3.05, 3.63) is 21.5 Å². The summed E-state index contributed by atoms with van der Waals surface area (Å²) in [7, 11) is 2.08. The summed E-state index contributed by atoms with van der Waals surface area (Å²) in [5.41, 5.74) is 0.407. The van der Waals surface area contributed by atoms with Crippen LogP contribution in [0.2, 0.25) is 0 Å². The number of carboxylic acid groups (broad SMARTS) is 1. The van der Waals surface area contributed by atoms with Gasteiger partial charge in [-0.2, -0.15) is 0 Å². The van der Waals surface area contributed by atoms with Gasteiger partial charge in [-0.05, 0) is 55.1 Å². The van der Waals surface area contributed by atoms with Crippen LogP contribution < -0.4 is 0 Å². The average molecular weight is 334 g/mol. The Morgan fingerprint density at radius 1 is 1.62 bits per heavy atom. The first-order chi connectivity index (χ1) is 7.58. The number of aromatic carboxylic acids is 1. The highest BCUT2D eigenvalue weighted by Gasteiger charge is 2.23. The maximum absolute atomic E-state index is 11.1. The molecule has 5 heteroatoms. The van der Waals surface area contributed by atoms with E-state index < -0.39 is 5.97 Å². The fourth-order valence-corrected chi connectivity index (χ4v) is 2.88. The van der Waals surface area contributed by atoms with Crippen LogP contribution in [0, 0.1) is 3.57 Å². The van der Waals surface area contributed by atoms with E-state index in [1.165, 1.54) is 0 Å². The summed E-state index contributed by atoms with van der Waals surface area (Å²) >= 11 is 2.16. The van der Waals surface area contributed by atoms with Crippen molar-refractivity contribution < 1.29 is 9.90 Å². The van der Waals surface area contributed by atoms with Crippen molar-refractivity contribution in [3.63, 3.8) is 0 Å². The van der Waals surface area contributed by atoms with Gasteiger partial charge in [0, 0.05) is 22.4 Å². The lowest BCUT2D eigenvalue weighted by molar-refractivity contribution is 0.0678. The van der Waals surface area contributed by atoms with Crippen LogP contribution in [0.1, 0.15) is 29.4 Å². The molecule has 1 fully saturated rings. The Balaban J connectivity index is 2.28. The molecule has 2 rings (SSSR count). The lowest BCUT2D eigenvalue weighted by Crippen LogP contribution is -2.34. The van der Waals surface area contributed by atoms with E-state index in [0.717, 1.165) is 29.5 Å². The van der Waals surface area contributed by atoms with Crippen LogP contribution in [0.25, 0.3) is 0 Å². The molecule has 0 radical (unpaired) electrons. The van der Waals surface area contributed by atoms with E-state index in [1.54, 1.807) is 6.07 Å². The zero-order valence-corrected chi connectivity index (χ0v) is 11.3. The van der Waals surface area contributed by atoms with Gasteiger partial charge in [-0.15, -0.1) is 0 Å². The Morgan fingerprint density at radius 3 is 3.00 bits per heavy atom. The summed E-state index contributed by atoms with van der Waals surface area (Å²) in [4.78, 5) is 13.4. The second kappa shape index (κ2) is 4.75. The number of piperidine rings is 1. The molecule has 1 aliphatic rings. The molecule has 1 saturated heterocycles. The quantitative estimate of drug-likeness (QED) is 0.842. The minimum Gasteiger partial charge on any atom is -0.477 e. The topological polar surface area (TPSA) is 45.5 Å². The summed E-state index contributed by atoms with van der Waals surface area (Å²) in [6.07, 6.45) is 4.14. The summed E-state index contributed by atoms with van der Waals surface area (Å²) in [6.45, 7) is 2.04. The first-order valence-electron chi connectivity index (χ1n) is 5.37. The Kier molecular flexibility index (Phi) is 3.53. The molecule has 1 atom stereocenters. The second-order valence-electron chi connectivity index (χ2n) is 4.31. The van der Waals surface area contributed by atoms with Gasteiger partial charge in [-0.1, -0.05) is 0 Å². The van der Waals surface area contributed by atoms with Gasteiger partial charge in [0.1, 0.15) is 5.69 Å². The third-order valence-corrected chi connectivity index (χ3v) is 3.62. The van der Waals surface area contributed by atoms with E-state index in [2.05, 4.69) is 34.5 Å². The van der Waals surface area contributed by atoms with Crippen molar-refractivity contribution in [3.8, 4) is 0 Å². The zero-order chi connectivity index (χ0) is 11.7. The Bertz CT molecular complexity index is 403. The summed E-state index contributed by atoms with van der Waals surface area (Å²) in [5, 5.41) is 9.14. The minimum absolute atomic E-state index is 0.299. The van der Waals surface area contributed by atoms with Crippen LogP contribution in [0.4, 0.5) is 0 Å². The molecule has 0 amide bonds. The number of likely N-dealkylation sites (tertiary alicyclic amines) is 1. The Labute approximate surface area is 108 Å². The highest BCUT2D eigenvalue weighted by molar-refractivity contribution is 14.1. The molecule has 0 aromatic carbocycles. The molecule has 0 bridgehead atoms. The van der Waals surface area contributed by atoms with E-state index in [1.807, 2.05) is 10.8 Å². The molecular weight excluding hydrogens is 319 g/mol. The standard InChI is InChI=1S/C11H15IN2O2/c1-13-4-2-3-9(7-13)14-6-8(12)5-10(14)11(15)16/h5-6,9H,2-4,7H2,1H3,(H,15,16). The van der Waals surface area contributed by atoms with Crippen LogP contribution in [0.3, 0.4) is 0 Å². The molecule has 1 aromatic rings. The first kappa shape index (κ1) is 11.9. The van der Waals surface area contributed by atoms with Crippen LogP contribution in [0.15, 0.2) is 12.3 Å². The highest BCUT2D eigenvalue weighted by atomic mass is 127. The third kappa shape index (κ3) is 2.40. The highest BCUT2D eigenvalue weighted by Crippen LogP contribution is 2.24. The van der Waals surface area contributed by atoms with Gasteiger partial charge in [-0.25, -0.2) is 4.79 Å². The van der Waals surface area contributed by atoms with Crippen molar-refractivity contribution >= 4 is 28.6 Å². The van der Waals surface area contributed by atoms with Crippen LogP contribution in [-0.4, -0.2) is 40.7 Å². The molecule has 1 aliphatic heterocycles. The van der Waals surface area contributed by atoms with Gasteiger partial charge in [-0.3, -0.25) is 0 Å². The zero-order valence-electron chi connectivity index (χ0n) is 9.19. The number of rotatable bonds is 2. The number of hydrogen-bond donors (Lipinski definition) is 1. The Hall–Kier alpha value is -0.560. The number of aromatic nitrogens is 1. The normalized spacial score (nSPS) is 22.2. The molecule has 1 unspecified atom stereocenters. The lowest BCUT2D eigenvalue weighted by Gasteiger charge is -2.31. The average Bonchev–Trinajstić information content (AvgIpc) is 2.60. The van der Waals surface area contributed by atoms with Crippen LogP contribution in [0.5, 0.6) is 0 Å². The van der Waals surface area contributed by atoms with Gasteiger partial charge < -0.3 is 14.6 Å².